The van der Waals surface area contributed by atoms with Gasteiger partial charge < -0.3 is 20.8 Å². The van der Waals surface area contributed by atoms with Gasteiger partial charge in [0.2, 0.25) is 0 Å². The number of ether oxygens (including phenoxy) is 1. The van der Waals surface area contributed by atoms with E-state index in [-0.39, 0.29) is 0 Å². The molecule has 0 radical (unpaired) electrons. The monoisotopic (exact) mass is 335 g/mol. The lowest BCUT2D eigenvalue weighted by Gasteiger charge is -2.23. The molecule has 0 atom stereocenters. The van der Waals surface area contributed by atoms with Crippen molar-refractivity contribution in [3.63, 3.8) is 0 Å². The van der Waals surface area contributed by atoms with Crippen molar-refractivity contribution in [2.45, 2.75) is 25.5 Å². The highest BCUT2D eigenvalue weighted by atomic mass is 16.5. The molecule has 1 fully saturated rings. The van der Waals surface area contributed by atoms with Crippen LogP contribution in [-0.4, -0.2) is 25.3 Å². The Kier molecular flexibility index (Phi) is 6.23. The molecule has 4 nitrogen and oxygen atoms in total. The number of hydrogen-bond acceptors (Lipinski definition) is 4. The summed E-state index contributed by atoms with van der Waals surface area (Å²) in [7, 11) is 0. The van der Waals surface area contributed by atoms with Gasteiger partial charge in [0.1, 0.15) is 12.4 Å². The SMILES string of the molecule is N=C/C(=C\NC1CCNCC1)c1cccc(OCc2ccccc2)c1. The molecule has 2 aromatic carbocycles. The van der Waals surface area contributed by atoms with E-state index in [1.165, 1.54) is 6.21 Å². The average molecular weight is 335 g/mol. The van der Waals surface area contributed by atoms with Crippen LogP contribution < -0.4 is 15.4 Å². The molecular weight excluding hydrogens is 310 g/mol. The fourth-order valence-corrected chi connectivity index (χ4v) is 2.91. The molecule has 0 spiro atoms. The molecule has 1 saturated heterocycles. The average Bonchev–Trinajstić information content (AvgIpc) is 2.69. The molecule has 1 heterocycles. The van der Waals surface area contributed by atoms with Crippen LogP contribution in [0.4, 0.5) is 0 Å². The van der Waals surface area contributed by atoms with E-state index >= 15 is 0 Å². The standard InChI is InChI=1S/C21H25N3O/c22-14-19(15-24-20-9-11-23-12-10-20)18-7-4-8-21(13-18)25-16-17-5-2-1-3-6-17/h1-8,13-15,20,22-24H,9-12,16H2/b19-15+,22-14?. The highest BCUT2D eigenvalue weighted by Crippen LogP contribution is 2.20. The van der Waals surface area contributed by atoms with Crippen LogP contribution in [0.2, 0.25) is 0 Å². The Morgan fingerprint density at radius 2 is 1.92 bits per heavy atom. The molecule has 0 amide bonds. The highest BCUT2D eigenvalue weighted by molar-refractivity contribution is 6.08. The lowest BCUT2D eigenvalue weighted by atomic mass is 10.1. The van der Waals surface area contributed by atoms with Crippen molar-refractivity contribution in [1.29, 1.82) is 5.41 Å². The zero-order valence-corrected chi connectivity index (χ0v) is 14.4. The van der Waals surface area contributed by atoms with Gasteiger partial charge in [-0.3, -0.25) is 0 Å². The molecule has 1 aliphatic rings. The maximum absolute atomic E-state index is 7.74. The number of rotatable bonds is 7. The van der Waals surface area contributed by atoms with E-state index in [9.17, 15) is 0 Å². The van der Waals surface area contributed by atoms with Gasteiger partial charge in [0, 0.05) is 24.0 Å². The minimum atomic E-state index is 0.480. The zero-order valence-electron chi connectivity index (χ0n) is 14.4. The predicted octanol–water partition coefficient (Wildman–Crippen LogP) is 3.60. The molecule has 130 valence electrons. The van der Waals surface area contributed by atoms with Gasteiger partial charge in [0.05, 0.1) is 0 Å². The van der Waals surface area contributed by atoms with Crippen LogP contribution in [-0.2, 0) is 6.61 Å². The Bertz CT molecular complexity index is 706. The first-order valence-corrected chi connectivity index (χ1v) is 8.80. The van der Waals surface area contributed by atoms with Crippen LogP contribution in [0.25, 0.3) is 5.57 Å². The van der Waals surface area contributed by atoms with Crippen molar-refractivity contribution < 1.29 is 4.74 Å². The van der Waals surface area contributed by atoms with Gasteiger partial charge in [-0.25, -0.2) is 0 Å². The summed E-state index contributed by atoms with van der Waals surface area (Å²) in [5.41, 5.74) is 2.99. The van der Waals surface area contributed by atoms with Gasteiger partial charge in [-0.2, -0.15) is 0 Å². The van der Waals surface area contributed by atoms with Crippen LogP contribution in [0, 0.1) is 5.41 Å². The molecule has 1 aliphatic heterocycles. The largest absolute Gasteiger partial charge is 0.489 e. The first-order valence-electron chi connectivity index (χ1n) is 8.80. The van der Waals surface area contributed by atoms with E-state index in [4.69, 9.17) is 10.1 Å². The number of hydrogen-bond donors (Lipinski definition) is 3. The lowest BCUT2D eigenvalue weighted by molar-refractivity contribution is 0.306. The van der Waals surface area contributed by atoms with E-state index in [1.54, 1.807) is 0 Å². The number of allylic oxidation sites excluding steroid dienone is 1. The van der Waals surface area contributed by atoms with Crippen molar-refractivity contribution >= 4 is 11.8 Å². The van der Waals surface area contributed by atoms with Crippen LogP contribution >= 0.6 is 0 Å². The maximum Gasteiger partial charge on any atom is 0.120 e. The second-order valence-electron chi connectivity index (χ2n) is 6.24. The van der Waals surface area contributed by atoms with Crippen LogP contribution in [0.5, 0.6) is 5.75 Å². The summed E-state index contributed by atoms with van der Waals surface area (Å²) in [6.07, 6.45) is 5.58. The second-order valence-corrected chi connectivity index (χ2v) is 6.24. The van der Waals surface area contributed by atoms with Crippen molar-refractivity contribution in [2.75, 3.05) is 13.1 Å². The molecule has 25 heavy (non-hydrogen) atoms. The Labute approximate surface area is 149 Å². The smallest absolute Gasteiger partial charge is 0.120 e. The van der Waals surface area contributed by atoms with Gasteiger partial charge in [0.15, 0.2) is 0 Å². The molecule has 0 saturated carbocycles. The van der Waals surface area contributed by atoms with Crippen molar-refractivity contribution in [2.24, 2.45) is 0 Å². The fraction of sp³-hybridized carbons (Fsp3) is 0.286. The summed E-state index contributed by atoms with van der Waals surface area (Å²) >= 11 is 0. The summed E-state index contributed by atoms with van der Waals surface area (Å²) < 4.78 is 5.89. The first-order chi connectivity index (χ1) is 12.3. The third kappa shape index (κ3) is 5.19. The summed E-state index contributed by atoms with van der Waals surface area (Å²) in [4.78, 5) is 0. The second kappa shape index (κ2) is 9.04. The number of piperidine rings is 1. The third-order valence-corrected chi connectivity index (χ3v) is 4.38. The molecule has 2 aromatic rings. The molecule has 0 bridgehead atoms. The summed E-state index contributed by atoms with van der Waals surface area (Å²) in [5.74, 6) is 0.816. The third-order valence-electron chi connectivity index (χ3n) is 4.38. The van der Waals surface area contributed by atoms with E-state index < -0.39 is 0 Å². The highest BCUT2D eigenvalue weighted by Gasteiger charge is 2.11. The van der Waals surface area contributed by atoms with Crippen LogP contribution in [0.1, 0.15) is 24.0 Å². The quantitative estimate of drug-likeness (QED) is 0.678. The fourth-order valence-electron chi connectivity index (χ4n) is 2.91. The van der Waals surface area contributed by atoms with Crippen LogP contribution in [0.15, 0.2) is 60.8 Å². The topological polar surface area (TPSA) is 57.1 Å². The molecule has 0 aromatic heterocycles. The van der Waals surface area contributed by atoms with E-state index in [1.807, 2.05) is 48.7 Å². The van der Waals surface area contributed by atoms with E-state index in [0.29, 0.717) is 12.6 Å². The summed E-state index contributed by atoms with van der Waals surface area (Å²) in [6.45, 7) is 2.64. The van der Waals surface area contributed by atoms with Gasteiger partial charge in [0.25, 0.3) is 0 Å². The predicted molar refractivity (Wildman–Crippen MR) is 103 cm³/mol. The summed E-state index contributed by atoms with van der Waals surface area (Å²) in [5, 5.41) is 14.6. The van der Waals surface area contributed by atoms with Crippen LogP contribution in [0.3, 0.4) is 0 Å². The van der Waals surface area contributed by atoms with Gasteiger partial charge in [-0.15, -0.1) is 0 Å². The zero-order chi connectivity index (χ0) is 17.3. The Balaban J connectivity index is 1.64. The Morgan fingerprint density at radius 3 is 2.68 bits per heavy atom. The van der Waals surface area contributed by atoms with Crippen molar-refractivity contribution in [3.8, 4) is 5.75 Å². The molecular formula is C21H25N3O. The molecule has 0 unspecified atom stereocenters. The van der Waals surface area contributed by atoms with E-state index in [0.717, 1.165) is 48.4 Å². The van der Waals surface area contributed by atoms with Gasteiger partial charge in [-0.05, 0) is 49.2 Å². The maximum atomic E-state index is 7.74. The Morgan fingerprint density at radius 1 is 1.12 bits per heavy atom. The summed E-state index contributed by atoms with van der Waals surface area (Å²) in [6, 6.07) is 18.5. The minimum absolute atomic E-state index is 0.480. The van der Waals surface area contributed by atoms with Crippen molar-refractivity contribution in [3.05, 3.63) is 71.9 Å². The van der Waals surface area contributed by atoms with Gasteiger partial charge in [-0.1, -0.05) is 42.5 Å². The lowest BCUT2D eigenvalue weighted by Crippen LogP contribution is -2.37. The Hall–Kier alpha value is -2.59. The number of benzene rings is 2. The molecule has 0 aliphatic carbocycles. The molecule has 3 N–H and O–H groups in total. The molecule has 4 heteroatoms. The van der Waals surface area contributed by atoms with Crippen molar-refractivity contribution in [1.82, 2.24) is 10.6 Å². The first kappa shape index (κ1) is 17.2. The normalized spacial score (nSPS) is 15.6. The van der Waals surface area contributed by atoms with Gasteiger partial charge >= 0.3 is 0 Å². The minimum Gasteiger partial charge on any atom is -0.489 e. The molecule has 3 rings (SSSR count). The number of nitrogens with one attached hydrogen (secondary N) is 3. The van der Waals surface area contributed by atoms with E-state index in [2.05, 4.69) is 22.8 Å².